The highest BCUT2D eigenvalue weighted by Gasteiger charge is 2.11. The van der Waals surface area contributed by atoms with Crippen LogP contribution in [0.15, 0.2) is 47.0 Å². The molecular formula is C16H11ClFN5O. The third kappa shape index (κ3) is 2.81. The fourth-order valence-electron chi connectivity index (χ4n) is 2.39. The first kappa shape index (κ1) is 14.6. The van der Waals surface area contributed by atoms with Gasteiger partial charge in [-0.25, -0.2) is 4.39 Å². The average Bonchev–Trinajstić information content (AvgIpc) is 3.20. The molecule has 4 rings (SSSR count). The van der Waals surface area contributed by atoms with Crippen LogP contribution in [0.2, 0.25) is 5.02 Å². The number of halogens is 2. The zero-order valence-electron chi connectivity index (χ0n) is 12.3. The molecule has 0 saturated carbocycles. The summed E-state index contributed by atoms with van der Waals surface area (Å²) in [7, 11) is 0. The Bertz CT molecular complexity index is 1010. The summed E-state index contributed by atoms with van der Waals surface area (Å²) >= 11 is 6.33. The topological polar surface area (TPSA) is 79.6 Å². The Balaban J connectivity index is 1.55. The average molecular weight is 344 g/mol. The van der Waals surface area contributed by atoms with E-state index < -0.39 is 0 Å². The van der Waals surface area contributed by atoms with Crippen molar-refractivity contribution in [2.24, 2.45) is 0 Å². The molecule has 0 radical (unpaired) electrons. The maximum absolute atomic E-state index is 13.2. The Morgan fingerprint density at radius 2 is 2.12 bits per heavy atom. The Kier molecular flexibility index (Phi) is 3.62. The lowest BCUT2D eigenvalue weighted by atomic mass is 10.1. The quantitative estimate of drug-likeness (QED) is 0.584. The molecule has 120 valence electrons. The van der Waals surface area contributed by atoms with Crippen LogP contribution in [0.5, 0.6) is 0 Å². The van der Waals surface area contributed by atoms with Gasteiger partial charge in [-0.1, -0.05) is 28.8 Å². The lowest BCUT2D eigenvalue weighted by Gasteiger charge is -2.04. The molecule has 0 unspecified atom stereocenters. The summed E-state index contributed by atoms with van der Waals surface area (Å²) < 4.78 is 18.7. The maximum Gasteiger partial charge on any atom is 0.320 e. The number of benzene rings is 2. The highest BCUT2D eigenvalue weighted by atomic mass is 35.5. The number of hydrogen-bond donors (Lipinski definition) is 2. The Hall–Kier alpha value is -2.93. The molecule has 0 bridgehead atoms. The number of H-pyrrole nitrogens is 1. The standard InChI is InChI=1S/C16H11ClFN5O/c17-15-11-8-19-21-12(11)4-5-13(15)20-16-23-22-14(24-16)7-9-2-1-3-10(18)6-9/h1-6,8H,7H2,(H,19,21)(H,20,23). The van der Waals surface area contributed by atoms with Gasteiger partial charge in [0, 0.05) is 5.39 Å². The summed E-state index contributed by atoms with van der Waals surface area (Å²) in [5.41, 5.74) is 2.22. The van der Waals surface area contributed by atoms with E-state index in [0.29, 0.717) is 23.0 Å². The van der Waals surface area contributed by atoms with Crippen LogP contribution in [0.25, 0.3) is 10.9 Å². The predicted octanol–water partition coefficient (Wildman–Crippen LogP) is 4.07. The minimum absolute atomic E-state index is 0.214. The molecule has 8 heteroatoms. The molecule has 0 aliphatic rings. The van der Waals surface area contributed by atoms with Gasteiger partial charge in [0.1, 0.15) is 5.82 Å². The molecule has 0 fully saturated rings. The van der Waals surface area contributed by atoms with E-state index in [9.17, 15) is 4.39 Å². The van der Waals surface area contributed by atoms with E-state index in [0.717, 1.165) is 16.5 Å². The normalized spacial score (nSPS) is 11.1. The van der Waals surface area contributed by atoms with Crippen molar-refractivity contribution < 1.29 is 8.81 Å². The molecule has 0 atom stereocenters. The van der Waals surface area contributed by atoms with Crippen LogP contribution in [-0.2, 0) is 6.42 Å². The van der Waals surface area contributed by atoms with Crippen LogP contribution in [0.1, 0.15) is 11.5 Å². The van der Waals surface area contributed by atoms with Crippen LogP contribution in [-0.4, -0.2) is 20.4 Å². The van der Waals surface area contributed by atoms with E-state index in [1.807, 2.05) is 6.07 Å². The first-order valence-electron chi connectivity index (χ1n) is 7.14. The van der Waals surface area contributed by atoms with Gasteiger partial charge >= 0.3 is 6.01 Å². The summed E-state index contributed by atoms with van der Waals surface area (Å²) in [5.74, 6) is 0.0779. The number of nitrogens with zero attached hydrogens (tertiary/aromatic N) is 3. The zero-order chi connectivity index (χ0) is 16.5. The molecule has 2 aromatic heterocycles. The van der Waals surface area contributed by atoms with Crippen LogP contribution < -0.4 is 5.32 Å². The Labute approximate surface area is 140 Å². The first-order chi connectivity index (χ1) is 11.7. The molecule has 6 nitrogen and oxygen atoms in total. The number of aromatic amines is 1. The van der Waals surface area contributed by atoms with Crippen molar-refractivity contribution in [2.45, 2.75) is 6.42 Å². The van der Waals surface area contributed by atoms with E-state index in [1.54, 1.807) is 24.4 Å². The van der Waals surface area contributed by atoms with Crippen molar-refractivity contribution in [1.29, 1.82) is 0 Å². The number of aromatic nitrogens is 4. The van der Waals surface area contributed by atoms with Crippen molar-refractivity contribution in [1.82, 2.24) is 20.4 Å². The van der Waals surface area contributed by atoms with Gasteiger partial charge in [-0.3, -0.25) is 5.10 Å². The maximum atomic E-state index is 13.2. The van der Waals surface area contributed by atoms with E-state index in [4.69, 9.17) is 16.0 Å². The minimum Gasteiger partial charge on any atom is -0.408 e. The van der Waals surface area contributed by atoms with Crippen molar-refractivity contribution in [3.63, 3.8) is 0 Å². The lowest BCUT2D eigenvalue weighted by Crippen LogP contribution is -1.91. The second-order valence-corrected chi connectivity index (χ2v) is 5.57. The van der Waals surface area contributed by atoms with Gasteiger partial charge in [-0.15, -0.1) is 5.10 Å². The summed E-state index contributed by atoms with van der Waals surface area (Å²) in [6, 6.07) is 10.1. The second-order valence-electron chi connectivity index (χ2n) is 5.19. The SMILES string of the molecule is Fc1cccc(Cc2nnc(Nc3ccc4[nH]ncc4c3Cl)o2)c1. The largest absolute Gasteiger partial charge is 0.408 e. The molecule has 4 aromatic rings. The molecule has 0 amide bonds. The predicted molar refractivity (Wildman–Crippen MR) is 87.9 cm³/mol. The molecule has 0 aliphatic heterocycles. The number of nitrogens with one attached hydrogen (secondary N) is 2. The monoisotopic (exact) mass is 343 g/mol. The fraction of sp³-hybridized carbons (Fsp3) is 0.0625. The van der Waals surface area contributed by atoms with Gasteiger partial charge in [0.05, 0.1) is 28.8 Å². The van der Waals surface area contributed by atoms with Gasteiger partial charge in [0.25, 0.3) is 0 Å². The van der Waals surface area contributed by atoms with Crippen molar-refractivity contribution >= 4 is 34.2 Å². The van der Waals surface area contributed by atoms with Gasteiger partial charge in [0.2, 0.25) is 5.89 Å². The first-order valence-corrected chi connectivity index (χ1v) is 7.52. The molecule has 0 saturated heterocycles. The number of anilines is 2. The van der Waals surface area contributed by atoms with Crippen LogP contribution in [0.4, 0.5) is 16.1 Å². The summed E-state index contributed by atoms with van der Waals surface area (Å²) in [5, 5.41) is 19.0. The highest BCUT2D eigenvalue weighted by molar-refractivity contribution is 6.38. The van der Waals surface area contributed by atoms with Gasteiger partial charge in [0.15, 0.2) is 0 Å². The molecule has 0 aliphatic carbocycles. The van der Waals surface area contributed by atoms with Gasteiger partial charge < -0.3 is 9.73 Å². The fourth-order valence-corrected chi connectivity index (χ4v) is 2.65. The molecule has 2 heterocycles. The van der Waals surface area contributed by atoms with Crippen molar-refractivity contribution in [2.75, 3.05) is 5.32 Å². The second kappa shape index (κ2) is 5.93. The number of rotatable bonds is 4. The van der Waals surface area contributed by atoms with Crippen LogP contribution in [0.3, 0.4) is 0 Å². The Morgan fingerprint density at radius 3 is 3.00 bits per heavy atom. The summed E-state index contributed by atoms with van der Waals surface area (Å²) in [6.07, 6.45) is 1.99. The summed E-state index contributed by atoms with van der Waals surface area (Å²) in [6.45, 7) is 0. The molecule has 2 aromatic carbocycles. The zero-order valence-corrected chi connectivity index (χ0v) is 13.0. The van der Waals surface area contributed by atoms with Crippen molar-refractivity contribution in [3.05, 3.63) is 64.9 Å². The molecule has 0 spiro atoms. The number of hydrogen-bond acceptors (Lipinski definition) is 5. The smallest absolute Gasteiger partial charge is 0.320 e. The van der Waals surface area contributed by atoms with Gasteiger partial charge in [-0.05, 0) is 29.8 Å². The summed E-state index contributed by atoms with van der Waals surface area (Å²) in [4.78, 5) is 0. The Morgan fingerprint density at radius 1 is 1.21 bits per heavy atom. The van der Waals surface area contributed by atoms with E-state index in [1.165, 1.54) is 12.1 Å². The molecule has 2 N–H and O–H groups in total. The third-order valence-corrected chi connectivity index (χ3v) is 3.92. The minimum atomic E-state index is -0.300. The molecular weight excluding hydrogens is 333 g/mol. The highest BCUT2D eigenvalue weighted by Crippen LogP contribution is 2.31. The van der Waals surface area contributed by atoms with E-state index in [-0.39, 0.29) is 11.8 Å². The van der Waals surface area contributed by atoms with E-state index in [2.05, 4.69) is 25.7 Å². The number of fused-ring (bicyclic) bond motifs is 1. The van der Waals surface area contributed by atoms with Gasteiger partial charge in [-0.2, -0.15) is 5.10 Å². The van der Waals surface area contributed by atoms with Crippen LogP contribution in [0, 0.1) is 5.82 Å². The van der Waals surface area contributed by atoms with Crippen LogP contribution >= 0.6 is 11.6 Å². The van der Waals surface area contributed by atoms with E-state index >= 15 is 0 Å². The molecule has 24 heavy (non-hydrogen) atoms. The lowest BCUT2D eigenvalue weighted by molar-refractivity contribution is 0.520. The third-order valence-electron chi connectivity index (χ3n) is 3.51. The van der Waals surface area contributed by atoms with Crippen molar-refractivity contribution in [3.8, 4) is 0 Å².